The molecule has 0 amide bonds. The number of nitrogens with zero attached hydrogens (tertiary/aromatic N) is 2. The van der Waals surface area contributed by atoms with Crippen LogP contribution in [-0.4, -0.2) is 17.9 Å². The van der Waals surface area contributed by atoms with Crippen LogP contribution in [0.3, 0.4) is 0 Å². The highest BCUT2D eigenvalue weighted by Gasteiger charge is 2.29. The Morgan fingerprint density at radius 2 is 2.06 bits per heavy atom. The monoisotopic (exact) mass is 242 g/mol. The van der Waals surface area contributed by atoms with Gasteiger partial charge in [-0.3, -0.25) is 4.68 Å². The van der Waals surface area contributed by atoms with Crippen molar-refractivity contribution in [2.24, 2.45) is 0 Å². The van der Waals surface area contributed by atoms with Gasteiger partial charge in [0.25, 0.3) is 0 Å². The van der Waals surface area contributed by atoms with Crippen LogP contribution in [0.2, 0.25) is 19.6 Å². The van der Waals surface area contributed by atoms with Crippen LogP contribution in [0.15, 0.2) is 30.5 Å². The van der Waals surface area contributed by atoms with Gasteiger partial charge in [0.2, 0.25) is 0 Å². The molecular weight excluding hydrogens is 224 g/mol. The molecule has 1 aromatic carbocycles. The quantitative estimate of drug-likeness (QED) is 0.595. The summed E-state index contributed by atoms with van der Waals surface area (Å²) in [5.41, 5.74) is 1.56. The van der Waals surface area contributed by atoms with Crippen molar-refractivity contribution in [3.05, 3.63) is 30.5 Å². The predicted molar refractivity (Wildman–Crippen MR) is 75.6 cm³/mol. The van der Waals surface area contributed by atoms with Crippen LogP contribution in [-0.2, 0) is 0 Å². The fraction of sp³-hybridized carbons (Fsp3) is 0.357. The van der Waals surface area contributed by atoms with Crippen molar-refractivity contribution in [1.82, 2.24) is 9.78 Å². The van der Waals surface area contributed by atoms with E-state index >= 15 is 0 Å². The van der Waals surface area contributed by atoms with E-state index < -0.39 is 8.07 Å². The summed E-state index contributed by atoms with van der Waals surface area (Å²) in [5, 5.41) is 5.72. The van der Waals surface area contributed by atoms with Gasteiger partial charge in [-0.2, -0.15) is 5.10 Å². The number of terminal acetylenes is 1. The molecule has 2 rings (SSSR count). The predicted octanol–water partition coefficient (Wildman–Crippen LogP) is 3.48. The lowest BCUT2D eigenvalue weighted by Gasteiger charge is -2.28. The van der Waals surface area contributed by atoms with Crippen molar-refractivity contribution in [2.75, 3.05) is 0 Å². The zero-order valence-electron chi connectivity index (χ0n) is 10.6. The summed E-state index contributed by atoms with van der Waals surface area (Å²) in [7, 11) is -1.37. The summed E-state index contributed by atoms with van der Waals surface area (Å²) in [6, 6.07) is 8.30. The Morgan fingerprint density at radius 1 is 1.35 bits per heavy atom. The fourth-order valence-corrected chi connectivity index (χ4v) is 3.78. The van der Waals surface area contributed by atoms with E-state index in [0.29, 0.717) is 5.67 Å². The van der Waals surface area contributed by atoms with Gasteiger partial charge >= 0.3 is 0 Å². The minimum Gasteiger partial charge on any atom is -0.264 e. The fourth-order valence-electron chi connectivity index (χ4n) is 2.11. The average Bonchev–Trinajstić information content (AvgIpc) is 2.68. The number of para-hydroxylation sites is 1. The van der Waals surface area contributed by atoms with Crippen molar-refractivity contribution in [3.8, 4) is 12.3 Å². The summed E-state index contributed by atoms with van der Waals surface area (Å²) in [5.74, 6) is 2.80. The van der Waals surface area contributed by atoms with Crippen LogP contribution in [0.4, 0.5) is 0 Å². The zero-order chi connectivity index (χ0) is 12.5. The van der Waals surface area contributed by atoms with E-state index in [9.17, 15) is 0 Å². The molecule has 1 heterocycles. The standard InChI is InChI=1S/C14H18N2Si/c1-5-8-14(17(2,3)4)16-13-10-7-6-9-12(13)11-15-16/h1,6-7,9-11,14H,8H2,2-4H3. The molecule has 0 saturated carbocycles. The number of hydrogen-bond acceptors (Lipinski definition) is 1. The summed E-state index contributed by atoms with van der Waals surface area (Å²) in [6.07, 6.45) is 8.20. The van der Waals surface area contributed by atoms with Gasteiger partial charge in [-0.15, -0.1) is 12.3 Å². The first-order valence-corrected chi connectivity index (χ1v) is 9.47. The molecule has 17 heavy (non-hydrogen) atoms. The van der Waals surface area contributed by atoms with Crippen LogP contribution in [0.5, 0.6) is 0 Å². The molecule has 0 bridgehead atoms. The Kier molecular flexibility index (Phi) is 3.08. The molecule has 0 aliphatic heterocycles. The second kappa shape index (κ2) is 4.38. The van der Waals surface area contributed by atoms with E-state index in [1.54, 1.807) is 0 Å². The second-order valence-corrected chi connectivity index (χ2v) is 10.8. The van der Waals surface area contributed by atoms with Crippen LogP contribution < -0.4 is 0 Å². The van der Waals surface area contributed by atoms with Gasteiger partial charge in [0, 0.05) is 11.8 Å². The van der Waals surface area contributed by atoms with E-state index in [0.717, 1.165) is 6.42 Å². The molecular formula is C14H18N2Si. The van der Waals surface area contributed by atoms with Gasteiger partial charge in [0.15, 0.2) is 0 Å². The molecule has 1 unspecified atom stereocenters. The third kappa shape index (κ3) is 2.27. The van der Waals surface area contributed by atoms with E-state index in [4.69, 9.17) is 6.42 Å². The van der Waals surface area contributed by atoms with Crippen molar-refractivity contribution in [2.45, 2.75) is 31.7 Å². The minimum absolute atomic E-state index is 0.368. The Balaban J connectivity index is 2.54. The first kappa shape index (κ1) is 11.9. The van der Waals surface area contributed by atoms with Crippen LogP contribution in [0.1, 0.15) is 12.1 Å². The molecule has 0 saturated heterocycles. The summed E-state index contributed by atoms with van der Waals surface area (Å²) in [6.45, 7) is 7.02. The Bertz CT molecular complexity index is 557. The van der Waals surface area contributed by atoms with E-state index in [2.05, 4.69) is 53.5 Å². The minimum atomic E-state index is -1.37. The van der Waals surface area contributed by atoms with Gasteiger partial charge in [-0.05, 0) is 6.07 Å². The third-order valence-electron chi connectivity index (χ3n) is 3.11. The highest BCUT2D eigenvalue weighted by molar-refractivity contribution is 6.76. The average molecular weight is 242 g/mol. The van der Waals surface area contributed by atoms with E-state index in [1.165, 1.54) is 10.9 Å². The highest BCUT2D eigenvalue weighted by Crippen LogP contribution is 2.27. The molecule has 0 aliphatic carbocycles. The molecule has 0 N–H and O–H groups in total. The topological polar surface area (TPSA) is 17.8 Å². The van der Waals surface area contributed by atoms with Gasteiger partial charge in [-0.25, -0.2) is 0 Å². The highest BCUT2D eigenvalue weighted by atomic mass is 28.3. The maximum atomic E-state index is 5.51. The Hall–Kier alpha value is -1.53. The van der Waals surface area contributed by atoms with Crippen LogP contribution in [0.25, 0.3) is 10.9 Å². The van der Waals surface area contributed by atoms with Crippen molar-refractivity contribution >= 4 is 19.0 Å². The first-order chi connectivity index (χ1) is 8.04. The lowest BCUT2D eigenvalue weighted by Crippen LogP contribution is -2.35. The smallest absolute Gasteiger partial charge is 0.0745 e. The van der Waals surface area contributed by atoms with Crippen LogP contribution >= 0.6 is 0 Å². The number of fused-ring (bicyclic) bond motifs is 1. The van der Waals surface area contributed by atoms with E-state index in [-0.39, 0.29) is 0 Å². The maximum Gasteiger partial charge on any atom is 0.0745 e. The molecule has 1 aromatic heterocycles. The zero-order valence-corrected chi connectivity index (χ0v) is 11.6. The molecule has 2 nitrogen and oxygen atoms in total. The van der Waals surface area contributed by atoms with Crippen LogP contribution in [0, 0.1) is 12.3 Å². The third-order valence-corrected chi connectivity index (χ3v) is 5.56. The van der Waals surface area contributed by atoms with Gasteiger partial charge in [-0.1, -0.05) is 37.8 Å². The van der Waals surface area contributed by atoms with Gasteiger partial charge < -0.3 is 0 Å². The summed E-state index contributed by atoms with van der Waals surface area (Å²) in [4.78, 5) is 0. The molecule has 88 valence electrons. The molecule has 0 aliphatic rings. The normalized spacial score (nSPS) is 13.5. The molecule has 0 fully saturated rings. The Labute approximate surface area is 104 Å². The van der Waals surface area contributed by atoms with Crippen molar-refractivity contribution < 1.29 is 0 Å². The number of rotatable bonds is 3. The largest absolute Gasteiger partial charge is 0.264 e. The van der Waals surface area contributed by atoms with E-state index in [1.807, 2.05) is 12.3 Å². The van der Waals surface area contributed by atoms with Crippen molar-refractivity contribution in [3.63, 3.8) is 0 Å². The molecule has 2 aromatic rings. The number of benzene rings is 1. The van der Waals surface area contributed by atoms with Gasteiger partial charge in [0.1, 0.15) is 0 Å². The number of aromatic nitrogens is 2. The molecule has 0 radical (unpaired) electrons. The number of hydrogen-bond donors (Lipinski definition) is 0. The first-order valence-electron chi connectivity index (χ1n) is 5.90. The molecule has 0 spiro atoms. The molecule has 1 atom stereocenters. The van der Waals surface area contributed by atoms with Crippen molar-refractivity contribution in [1.29, 1.82) is 0 Å². The Morgan fingerprint density at radius 3 is 2.71 bits per heavy atom. The lowest BCUT2D eigenvalue weighted by atomic mass is 10.2. The second-order valence-electron chi connectivity index (χ2n) is 5.44. The lowest BCUT2D eigenvalue weighted by molar-refractivity contribution is 0.600. The van der Waals surface area contributed by atoms with Gasteiger partial charge in [0.05, 0.1) is 25.5 Å². The summed E-state index contributed by atoms with van der Waals surface area (Å²) < 4.78 is 2.13. The SMILES string of the molecule is C#CCC(n1ncc2ccccc21)[Si](C)(C)C. The maximum absolute atomic E-state index is 5.51. The molecule has 3 heteroatoms. The summed E-state index contributed by atoms with van der Waals surface area (Å²) >= 11 is 0.